The monoisotopic (exact) mass is 277 g/mol. The lowest BCUT2D eigenvalue weighted by Crippen LogP contribution is -1.95. The van der Waals surface area contributed by atoms with Gasteiger partial charge in [0.15, 0.2) is 5.82 Å². The van der Waals surface area contributed by atoms with E-state index in [-0.39, 0.29) is 0 Å². The van der Waals surface area contributed by atoms with Crippen LogP contribution in [0.15, 0.2) is 66.3 Å². The second kappa shape index (κ2) is 4.58. The minimum Gasteiger partial charge on any atom is -0.282 e. The number of rotatable bonds is 2. The Hall–Kier alpha value is -2.46. The topological polar surface area (TPSA) is 30.7 Å². The molecule has 0 aliphatic rings. The minimum atomic E-state index is 0.883. The molecule has 4 heteroatoms. The molecule has 2 aromatic carbocycles. The molecule has 0 spiro atoms. The van der Waals surface area contributed by atoms with E-state index in [4.69, 9.17) is 0 Å². The van der Waals surface area contributed by atoms with Crippen molar-refractivity contribution in [2.24, 2.45) is 0 Å². The third kappa shape index (κ3) is 1.73. The van der Waals surface area contributed by atoms with Crippen LogP contribution in [0.1, 0.15) is 0 Å². The summed E-state index contributed by atoms with van der Waals surface area (Å²) < 4.78 is 3.29. The lowest BCUT2D eigenvalue weighted by Gasteiger charge is -2.05. The molecule has 0 N–H and O–H groups in total. The lowest BCUT2D eigenvalue weighted by atomic mass is 10.1. The third-order valence-corrected chi connectivity index (χ3v) is 4.27. The highest BCUT2D eigenvalue weighted by Crippen LogP contribution is 2.33. The van der Waals surface area contributed by atoms with E-state index in [0.29, 0.717) is 0 Å². The van der Waals surface area contributed by atoms with Gasteiger partial charge in [0.05, 0.1) is 0 Å². The average Bonchev–Trinajstić information content (AvgIpc) is 3.14. The summed E-state index contributed by atoms with van der Waals surface area (Å²) in [4.78, 5) is 0. The summed E-state index contributed by atoms with van der Waals surface area (Å²) >= 11 is 1.73. The van der Waals surface area contributed by atoms with Gasteiger partial charge >= 0.3 is 0 Å². The van der Waals surface area contributed by atoms with Crippen molar-refractivity contribution in [3.63, 3.8) is 0 Å². The molecule has 0 unspecified atom stereocenters. The molecule has 0 fully saturated rings. The van der Waals surface area contributed by atoms with Gasteiger partial charge in [0, 0.05) is 26.7 Å². The Morgan fingerprint density at radius 1 is 0.900 bits per heavy atom. The number of aromatic nitrogens is 3. The summed E-state index contributed by atoms with van der Waals surface area (Å²) in [5.74, 6) is 0.883. The average molecular weight is 277 g/mol. The summed E-state index contributed by atoms with van der Waals surface area (Å²) in [6.45, 7) is 0. The predicted molar refractivity (Wildman–Crippen MR) is 82.2 cm³/mol. The Morgan fingerprint density at radius 3 is 2.60 bits per heavy atom. The van der Waals surface area contributed by atoms with Gasteiger partial charge in [-0.1, -0.05) is 36.4 Å². The zero-order chi connectivity index (χ0) is 13.4. The first-order chi connectivity index (χ1) is 9.93. The Labute approximate surface area is 120 Å². The van der Waals surface area contributed by atoms with Crippen LogP contribution in [-0.4, -0.2) is 14.8 Å². The van der Waals surface area contributed by atoms with E-state index >= 15 is 0 Å². The molecule has 0 bridgehead atoms. The van der Waals surface area contributed by atoms with Crippen molar-refractivity contribution in [3.8, 4) is 17.1 Å². The highest BCUT2D eigenvalue weighted by atomic mass is 32.1. The van der Waals surface area contributed by atoms with E-state index in [9.17, 15) is 0 Å². The number of para-hydroxylation sites is 1. The van der Waals surface area contributed by atoms with Crippen LogP contribution in [0.4, 0.5) is 0 Å². The van der Waals surface area contributed by atoms with E-state index in [1.165, 1.54) is 10.1 Å². The molecule has 0 amide bonds. The second-order valence-electron chi connectivity index (χ2n) is 4.51. The zero-order valence-electron chi connectivity index (χ0n) is 10.6. The zero-order valence-corrected chi connectivity index (χ0v) is 11.4. The molecular weight excluding hydrogens is 266 g/mol. The van der Waals surface area contributed by atoms with Crippen molar-refractivity contribution in [1.29, 1.82) is 0 Å². The molecule has 2 aromatic heterocycles. The summed E-state index contributed by atoms with van der Waals surface area (Å²) in [5, 5.41) is 11.8. The molecule has 0 saturated heterocycles. The van der Waals surface area contributed by atoms with Crippen LogP contribution in [0.3, 0.4) is 0 Å². The number of hydrogen-bond donors (Lipinski definition) is 0. The van der Waals surface area contributed by atoms with Gasteiger partial charge in [-0.3, -0.25) is 4.57 Å². The van der Waals surface area contributed by atoms with Crippen molar-refractivity contribution < 1.29 is 0 Å². The maximum absolute atomic E-state index is 4.30. The van der Waals surface area contributed by atoms with E-state index in [1.54, 1.807) is 17.7 Å². The second-order valence-corrected chi connectivity index (χ2v) is 5.42. The van der Waals surface area contributed by atoms with E-state index in [0.717, 1.165) is 17.1 Å². The maximum Gasteiger partial charge on any atom is 0.169 e. The van der Waals surface area contributed by atoms with Crippen LogP contribution in [0.5, 0.6) is 0 Å². The van der Waals surface area contributed by atoms with Gasteiger partial charge < -0.3 is 0 Å². The van der Waals surface area contributed by atoms with Crippen molar-refractivity contribution in [2.75, 3.05) is 0 Å². The molecule has 0 atom stereocenters. The van der Waals surface area contributed by atoms with E-state index in [1.807, 2.05) is 22.8 Å². The summed E-state index contributed by atoms with van der Waals surface area (Å²) in [6.07, 6.45) is 1.76. The number of benzene rings is 2. The largest absolute Gasteiger partial charge is 0.282 e. The van der Waals surface area contributed by atoms with Crippen molar-refractivity contribution in [2.45, 2.75) is 0 Å². The molecule has 0 saturated carbocycles. The van der Waals surface area contributed by atoms with Crippen molar-refractivity contribution in [1.82, 2.24) is 14.8 Å². The number of fused-ring (bicyclic) bond motifs is 1. The molecule has 2 heterocycles. The van der Waals surface area contributed by atoms with Crippen LogP contribution < -0.4 is 0 Å². The van der Waals surface area contributed by atoms with Crippen LogP contribution >= 0.6 is 11.3 Å². The fraction of sp³-hybridized carbons (Fsp3) is 0. The van der Waals surface area contributed by atoms with Gasteiger partial charge in [0.2, 0.25) is 0 Å². The van der Waals surface area contributed by atoms with Crippen molar-refractivity contribution in [3.05, 3.63) is 66.3 Å². The molecule has 20 heavy (non-hydrogen) atoms. The maximum atomic E-state index is 4.30. The van der Waals surface area contributed by atoms with Crippen LogP contribution in [0, 0.1) is 0 Å². The van der Waals surface area contributed by atoms with E-state index < -0.39 is 0 Å². The summed E-state index contributed by atoms with van der Waals surface area (Å²) in [5.41, 5.74) is 2.20. The SMILES string of the molecule is c1ccc(-n2cnnc2-c2csc3ccccc23)cc1. The predicted octanol–water partition coefficient (Wildman–Crippen LogP) is 4.15. The Kier molecular flexibility index (Phi) is 2.60. The molecule has 4 aromatic rings. The summed E-state index contributed by atoms with van der Waals surface area (Å²) in [6, 6.07) is 18.5. The Bertz CT molecular complexity index is 861. The highest BCUT2D eigenvalue weighted by molar-refractivity contribution is 7.17. The van der Waals surface area contributed by atoms with Crippen LogP contribution in [0.25, 0.3) is 27.2 Å². The molecule has 0 aliphatic heterocycles. The van der Waals surface area contributed by atoms with Gasteiger partial charge in [-0.05, 0) is 18.2 Å². The Morgan fingerprint density at radius 2 is 1.70 bits per heavy atom. The van der Waals surface area contributed by atoms with Gasteiger partial charge in [-0.2, -0.15) is 0 Å². The molecule has 0 aliphatic carbocycles. The van der Waals surface area contributed by atoms with Crippen LogP contribution in [-0.2, 0) is 0 Å². The van der Waals surface area contributed by atoms with E-state index in [2.05, 4.69) is 52.0 Å². The standard InChI is InChI=1S/C16H11N3S/c1-2-6-12(7-3-1)19-11-17-18-16(19)14-10-20-15-9-5-4-8-13(14)15/h1-11H. The summed E-state index contributed by atoms with van der Waals surface area (Å²) in [7, 11) is 0. The van der Waals surface area contributed by atoms with Crippen molar-refractivity contribution >= 4 is 21.4 Å². The normalized spacial score (nSPS) is 11.0. The molecule has 4 rings (SSSR count). The first-order valence-electron chi connectivity index (χ1n) is 6.35. The lowest BCUT2D eigenvalue weighted by molar-refractivity contribution is 1.07. The fourth-order valence-electron chi connectivity index (χ4n) is 2.35. The van der Waals surface area contributed by atoms with Gasteiger partial charge in [0.1, 0.15) is 6.33 Å². The van der Waals surface area contributed by atoms with Gasteiger partial charge in [0.25, 0.3) is 0 Å². The number of nitrogens with zero attached hydrogens (tertiary/aromatic N) is 3. The molecule has 96 valence electrons. The number of hydrogen-bond acceptors (Lipinski definition) is 3. The highest BCUT2D eigenvalue weighted by Gasteiger charge is 2.13. The third-order valence-electron chi connectivity index (χ3n) is 3.30. The first kappa shape index (κ1) is 11.4. The molecular formula is C16H11N3S. The number of thiophene rings is 1. The minimum absolute atomic E-state index is 0.883. The molecule has 3 nitrogen and oxygen atoms in total. The first-order valence-corrected chi connectivity index (χ1v) is 7.23. The van der Waals surface area contributed by atoms with Gasteiger partial charge in [-0.15, -0.1) is 21.5 Å². The smallest absolute Gasteiger partial charge is 0.169 e. The van der Waals surface area contributed by atoms with Gasteiger partial charge in [-0.25, -0.2) is 0 Å². The molecule has 0 radical (unpaired) electrons. The van der Waals surface area contributed by atoms with Crippen LogP contribution in [0.2, 0.25) is 0 Å². The Balaban J connectivity index is 1.94. The fourth-order valence-corrected chi connectivity index (χ4v) is 3.29. The quantitative estimate of drug-likeness (QED) is 0.551.